The van der Waals surface area contributed by atoms with Crippen LogP contribution in [0.5, 0.6) is 0 Å². The van der Waals surface area contributed by atoms with E-state index in [0.717, 1.165) is 49.4 Å². The first-order valence-electron chi connectivity index (χ1n) is 9.70. The largest absolute Gasteiger partial charge is 0.326 e. The molecule has 146 valence electrons. The van der Waals surface area contributed by atoms with Crippen molar-refractivity contribution in [3.05, 3.63) is 54.0 Å². The molecule has 3 heterocycles. The highest BCUT2D eigenvalue weighted by molar-refractivity contribution is 5.93. The van der Waals surface area contributed by atoms with Crippen molar-refractivity contribution in [1.29, 1.82) is 0 Å². The zero-order valence-electron chi connectivity index (χ0n) is 16.4. The molecule has 4 rings (SSSR count). The summed E-state index contributed by atoms with van der Waals surface area (Å²) >= 11 is 0. The number of carbonyl (C=O) groups excluding carboxylic acids is 1. The lowest BCUT2D eigenvalue weighted by molar-refractivity contribution is -0.121. The Hall–Kier alpha value is -2.93. The van der Waals surface area contributed by atoms with Crippen LogP contribution in [0.2, 0.25) is 0 Å². The first-order valence-corrected chi connectivity index (χ1v) is 9.70. The fraction of sp³-hybridized carbons (Fsp3) is 0.381. The third-order valence-corrected chi connectivity index (χ3v) is 5.57. The monoisotopic (exact) mass is 378 g/mol. The number of carbonyl (C=O) groups is 1. The molecule has 0 radical (unpaired) electrons. The van der Waals surface area contributed by atoms with E-state index in [0.29, 0.717) is 0 Å². The number of nitrogens with zero attached hydrogens (tertiary/aromatic N) is 4. The van der Waals surface area contributed by atoms with E-state index in [4.69, 9.17) is 0 Å². The zero-order chi connectivity index (χ0) is 19.5. The third-order valence-electron chi connectivity index (χ3n) is 5.57. The minimum Gasteiger partial charge on any atom is -0.326 e. The summed E-state index contributed by atoms with van der Waals surface area (Å²) in [6.07, 6.45) is 5.63. The van der Waals surface area contributed by atoms with Crippen LogP contribution in [-0.2, 0) is 18.4 Å². The Morgan fingerprint density at radius 1 is 1.29 bits per heavy atom. The normalized spacial score (nSPS) is 17.6. The molecule has 7 nitrogen and oxygen atoms in total. The molecule has 1 aliphatic heterocycles. The molecule has 1 atom stereocenters. The summed E-state index contributed by atoms with van der Waals surface area (Å²) in [6.45, 7) is 4.75. The van der Waals surface area contributed by atoms with E-state index in [1.165, 1.54) is 11.3 Å². The topological polar surface area (TPSA) is 78.8 Å². The predicted octanol–water partition coefficient (Wildman–Crippen LogP) is 2.97. The summed E-state index contributed by atoms with van der Waals surface area (Å²) in [5, 5.41) is 14.3. The van der Waals surface area contributed by atoms with Crippen LogP contribution in [0.4, 0.5) is 5.69 Å². The maximum atomic E-state index is 12.8. The molecular weight excluding hydrogens is 352 g/mol. The van der Waals surface area contributed by atoms with Crippen LogP contribution in [0.3, 0.4) is 0 Å². The fourth-order valence-corrected chi connectivity index (χ4v) is 3.75. The van der Waals surface area contributed by atoms with Gasteiger partial charge in [0, 0.05) is 43.3 Å². The molecular formula is C21H26N6O. The molecule has 0 bridgehead atoms. The first-order chi connectivity index (χ1) is 13.6. The summed E-state index contributed by atoms with van der Waals surface area (Å²) in [5.41, 5.74) is 5.26. The molecule has 0 aliphatic carbocycles. The highest BCUT2D eigenvalue weighted by atomic mass is 16.1. The second kappa shape index (κ2) is 7.98. The van der Waals surface area contributed by atoms with E-state index in [-0.39, 0.29) is 11.8 Å². The van der Waals surface area contributed by atoms with Gasteiger partial charge in [0.2, 0.25) is 5.91 Å². The molecule has 0 spiro atoms. The van der Waals surface area contributed by atoms with Crippen molar-refractivity contribution in [1.82, 2.24) is 24.9 Å². The molecule has 7 heteroatoms. The quantitative estimate of drug-likeness (QED) is 0.715. The molecule has 1 aliphatic rings. The van der Waals surface area contributed by atoms with Gasteiger partial charge in [-0.15, -0.1) is 0 Å². The molecule has 2 aromatic heterocycles. The number of hydrogen-bond donors (Lipinski definition) is 2. The Labute approximate surface area is 164 Å². The zero-order valence-corrected chi connectivity index (χ0v) is 16.4. The van der Waals surface area contributed by atoms with Crippen LogP contribution in [0.15, 0.2) is 42.7 Å². The van der Waals surface area contributed by atoms with E-state index in [1.807, 2.05) is 48.3 Å². The molecule has 28 heavy (non-hydrogen) atoms. The number of rotatable bonds is 5. The van der Waals surface area contributed by atoms with Gasteiger partial charge in [0.15, 0.2) is 0 Å². The summed E-state index contributed by atoms with van der Waals surface area (Å²) in [5.74, 6) is 0.111. The molecule has 1 saturated heterocycles. The number of hydrogen-bond acceptors (Lipinski definition) is 4. The van der Waals surface area contributed by atoms with Crippen LogP contribution < -0.4 is 5.32 Å². The van der Waals surface area contributed by atoms with E-state index >= 15 is 0 Å². The van der Waals surface area contributed by atoms with Gasteiger partial charge in [0.05, 0.1) is 17.8 Å². The first kappa shape index (κ1) is 18.4. The van der Waals surface area contributed by atoms with Crippen LogP contribution in [0.25, 0.3) is 11.3 Å². The molecule has 2 N–H and O–H groups in total. The second-order valence-electron chi connectivity index (χ2n) is 7.49. The molecule has 0 saturated carbocycles. The average molecular weight is 378 g/mol. The van der Waals surface area contributed by atoms with Gasteiger partial charge in [-0.1, -0.05) is 12.1 Å². The number of likely N-dealkylation sites (tertiary alicyclic amines) is 1. The van der Waals surface area contributed by atoms with Crippen molar-refractivity contribution in [2.75, 3.05) is 18.4 Å². The molecule has 3 aromatic rings. The number of benzene rings is 1. The van der Waals surface area contributed by atoms with Crippen molar-refractivity contribution in [2.45, 2.75) is 26.3 Å². The van der Waals surface area contributed by atoms with Crippen LogP contribution in [0, 0.1) is 12.8 Å². The maximum absolute atomic E-state index is 12.8. The lowest BCUT2D eigenvalue weighted by atomic mass is 9.96. The highest BCUT2D eigenvalue weighted by Crippen LogP contribution is 2.23. The number of aryl methyl sites for hydroxylation is 1. The SMILES string of the molecule is Cc1c(CN2CCC[C@@H](C(=O)Nc3ccc(-c4ccn[nH]4)cc3)C2)cnn1C. The number of H-pyrrole nitrogens is 1. The Morgan fingerprint density at radius 3 is 2.79 bits per heavy atom. The van der Waals surface area contributed by atoms with Gasteiger partial charge in [0.1, 0.15) is 0 Å². The maximum Gasteiger partial charge on any atom is 0.228 e. The van der Waals surface area contributed by atoms with Gasteiger partial charge in [-0.25, -0.2) is 0 Å². The molecule has 0 unspecified atom stereocenters. The number of nitrogens with one attached hydrogen (secondary N) is 2. The number of aromatic amines is 1. The predicted molar refractivity (Wildman–Crippen MR) is 109 cm³/mol. The van der Waals surface area contributed by atoms with Crippen LogP contribution >= 0.6 is 0 Å². The van der Waals surface area contributed by atoms with E-state index in [1.54, 1.807) is 6.20 Å². The van der Waals surface area contributed by atoms with Crippen LogP contribution in [-0.4, -0.2) is 43.9 Å². The second-order valence-corrected chi connectivity index (χ2v) is 7.49. The van der Waals surface area contributed by atoms with Gasteiger partial charge in [-0.2, -0.15) is 10.2 Å². The van der Waals surface area contributed by atoms with Crippen molar-refractivity contribution in [3.8, 4) is 11.3 Å². The number of anilines is 1. The Bertz CT molecular complexity index is 928. The van der Waals surface area contributed by atoms with Gasteiger partial charge in [-0.05, 0) is 50.1 Å². The smallest absolute Gasteiger partial charge is 0.228 e. The third kappa shape index (κ3) is 3.99. The minimum absolute atomic E-state index is 0.0120. The van der Waals surface area contributed by atoms with Crippen molar-refractivity contribution in [2.24, 2.45) is 13.0 Å². The van der Waals surface area contributed by atoms with Gasteiger partial charge in [-0.3, -0.25) is 19.5 Å². The summed E-state index contributed by atoms with van der Waals surface area (Å²) in [7, 11) is 1.96. The summed E-state index contributed by atoms with van der Waals surface area (Å²) < 4.78 is 1.90. The van der Waals surface area contributed by atoms with E-state index < -0.39 is 0 Å². The van der Waals surface area contributed by atoms with Crippen molar-refractivity contribution in [3.63, 3.8) is 0 Å². The number of piperidine rings is 1. The Kier molecular flexibility index (Phi) is 5.25. The van der Waals surface area contributed by atoms with Crippen LogP contribution in [0.1, 0.15) is 24.1 Å². The average Bonchev–Trinajstić information content (AvgIpc) is 3.35. The van der Waals surface area contributed by atoms with Gasteiger partial charge < -0.3 is 5.32 Å². The van der Waals surface area contributed by atoms with Crippen molar-refractivity contribution < 1.29 is 4.79 Å². The Morgan fingerprint density at radius 2 is 2.11 bits per heavy atom. The summed E-state index contributed by atoms with van der Waals surface area (Å²) in [6, 6.07) is 9.78. The van der Waals surface area contributed by atoms with E-state index in [9.17, 15) is 4.79 Å². The van der Waals surface area contributed by atoms with Gasteiger partial charge in [0.25, 0.3) is 0 Å². The fourth-order valence-electron chi connectivity index (χ4n) is 3.75. The van der Waals surface area contributed by atoms with Gasteiger partial charge >= 0.3 is 0 Å². The lowest BCUT2D eigenvalue weighted by Gasteiger charge is -2.31. The lowest BCUT2D eigenvalue weighted by Crippen LogP contribution is -2.40. The Balaban J connectivity index is 1.35. The van der Waals surface area contributed by atoms with E-state index in [2.05, 4.69) is 32.4 Å². The molecule has 1 aromatic carbocycles. The highest BCUT2D eigenvalue weighted by Gasteiger charge is 2.26. The van der Waals surface area contributed by atoms with Crippen molar-refractivity contribution >= 4 is 11.6 Å². The number of amides is 1. The number of aromatic nitrogens is 4. The summed E-state index contributed by atoms with van der Waals surface area (Å²) in [4.78, 5) is 15.1. The molecule has 1 fully saturated rings. The molecule has 1 amide bonds. The minimum atomic E-state index is 0.0120. The standard InChI is InChI=1S/C21H26N6O/c1-15-18(12-23-26(15)2)14-27-11-3-4-17(13-27)21(28)24-19-7-5-16(6-8-19)20-9-10-22-25-20/h5-10,12,17H,3-4,11,13-14H2,1-2H3,(H,22,25)(H,24,28)/t17-/m1/s1.